The second-order valence-electron chi connectivity index (χ2n) is 16.2. The molecule has 8 aromatic rings. The first-order chi connectivity index (χ1) is 28.6. The average molecular weight is 858 g/mol. The Balaban J connectivity index is 0.000000195. The van der Waals surface area contributed by atoms with Crippen molar-refractivity contribution < 1.29 is 35.0 Å². The Hall–Kier alpha value is -4.46. The molecule has 0 unspecified atom stereocenters. The van der Waals surface area contributed by atoms with Gasteiger partial charge in [0.2, 0.25) is 0 Å². The first kappa shape index (κ1) is 44.1. The molecule has 0 aliphatic heterocycles. The van der Waals surface area contributed by atoms with Crippen molar-refractivity contribution in [3.05, 3.63) is 156 Å². The molecule has 0 saturated heterocycles. The van der Waals surface area contributed by atoms with Gasteiger partial charge in [-0.2, -0.15) is 0 Å². The Morgan fingerprint density at radius 3 is 1.22 bits per heavy atom. The van der Waals surface area contributed by atoms with Crippen LogP contribution in [0.2, 0.25) is 0 Å². The molecule has 0 spiro atoms. The van der Waals surface area contributed by atoms with E-state index in [9.17, 15) is 0 Å². The van der Waals surface area contributed by atoms with Gasteiger partial charge in [0.25, 0.3) is 0 Å². The Labute approximate surface area is 372 Å². The molecule has 0 bridgehead atoms. The molecule has 0 radical (unpaired) electrons. The van der Waals surface area contributed by atoms with Crippen molar-refractivity contribution in [2.24, 2.45) is 0 Å². The summed E-state index contributed by atoms with van der Waals surface area (Å²) in [5.41, 5.74) is 10.4. The third-order valence-electron chi connectivity index (χ3n) is 11.6. The fourth-order valence-electron chi connectivity index (χ4n) is 8.30. The molecule has 8 rings (SSSR count). The summed E-state index contributed by atoms with van der Waals surface area (Å²) in [5.74, 6) is 4.08. The molecular weight excluding hydrogens is 796 g/mol. The van der Waals surface area contributed by atoms with Crippen LogP contribution in [0.3, 0.4) is 0 Å². The van der Waals surface area contributed by atoms with Gasteiger partial charge in [-0.1, -0.05) is 161 Å². The van der Waals surface area contributed by atoms with Crippen LogP contribution in [0.5, 0.6) is 0 Å². The third-order valence-corrected chi connectivity index (χ3v) is 11.6. The zero-order valence-corrected chi connectivity index (χ0v) is 38.4. The molecule has 59 heavy (non-hydrogen) atoms. The number of furan rings is 2. The zero-order chi connectivity index (χ0) is 40.1. The second-order valence-corrected chi connectivity index (χ2v) is 16.2. The van der Waals surface area contributed by atoms with Crippen molar-refractivity contribution in [2.45, 2.75) is 118 Å². The number of benzene rings is 4. The molecule has 0 atom stereocenters. The molecule has 0 N–H and O–H groups in total. The van der Waals surface area contributed by atoms with E-state index in [1.54, 1.807) is 0 Å². The fraction of sp³-hybridized carbons (Fsp3) is 0.321. The Morgan fingerprint density at radius 2 is 0.831 bits per heavy atom. The van der Waals surface area contributed by atoms with Crippen molar-refractivity contribution in [1.29, 1.82) is 0 Å². The fourth-order valence-corrected chi connectivity index (χ4v) is 8.30. The van der Waals surface area contributed by atoms with Crippen LogP contribution in [0, 0.1) is 0 Å². The maximum Gasteiger partial charge on any atom is 2.00 e. The predicted octanol–water partition coefficient (Wildman–Crippen LogP) is 17.1. The quantitative estimate of drug-likeness (QED) is 0.0635. The van der Waals surface area contributed by atoms with E-state index in [4.69, 9.17) is 8.83 Å². The van der Waals surface area contributed by atoms with Gasteiger partial charge in [-0.3, -0.25) is 0 Å². The van der Waals surface area contributed by atoms with Crippen molar-refractivity contribution in [3.63, 3.8) is 0 Å². The van der Waals surface area contributed by atoms with Gasteiger partial charge in [0.1, 0.15) is 0 Å². The first-order valence-electron chi connectivity index (χ1n) is 22.3. The molecule has 0 aliphatic rings. The number of hydrogen-bond acceptors (Lipinski definition) is 2. The molecule has 302 valence electrons. The third kappa shape index (κ3) is 11.4. The van der Waals surface area contributed by atoms with Crippen LogP contribution in [0.4, 0.5) is 0 Å². The standard InChI is InChI=1S/2C28H31O.Zr/c2*1-3-5-6-7-10-21-13-15-22(16-14-21)26-12-8-11-23-19-24(20-27(23)26)28-18-17-25(29-28)9-4-2;/h2*8,11-20H,3-7,9-10H2,1-2H3;/q2*-1;+2. The predicted molar refractivity (Wildman–Crippen MR) is 249 cm³/mol. The van der Waals surface area contributed by atoms with E-state index in [0.717, 1.165) is 48.7 Å². The van der Waals surface area contributed by atoms with E-state index in [1.807, 2.05) is 0 Å². The molecule has 0 amide bonds. The normalized spacial score (nSPS) is 11.2. The zero-order valence-electron chi connectivity index (χ0n) is 35.9. The van der Waals surface area contributed by atoms with Crippen LogP contribution in [-0.2, 0) is 51.9 Å². The number of aryl methyl sites for hydroxylation is 4. The summed E-state index contributed by atoms with van der Waals surface area (Å²) in [4.78, 5) is 0. The van der Waals surface area contributed by atoms with Crippen LogP contribution in [0.15, 0.2) is 142 Å². The number of hydrogen-bond donors (Lipinski definition) is 0. The van der Waals surface area contributed by atoms with Crippen LogP contribution in [0.25, 0.3) is 66.4 Å². The average Bonchev–Trinajstić information content (AvgIpc) is 4.09. The van der Waals surface area contributed by atoms with Crippen molar-refractivity contribution >= 4 is 21.5 Å². The van der Waals surface area contributed by atoms with E-state index in [2.05, 4.69) is 161 Å². The first-order valence-corrected chi connectivity index (χ1v) is 22.3. The summed E-state index contributed by atoms with van der Waals surface area (Å²) in [5, 5.41) is 5.14. The van der Waals surface area contributed by atoms with Crippen LogP contribution in [-0.4, -0.2) is 0 Å². The molecule has 6 aromatic carbocycles. The van der Waals surface area contributed by atoms with Gasteiger partial charge in [-0.05, 0) is 85.0 Å². The van der Waals surface area contributed by atoms with Gasteiger partial charge in [0.15, 0.2) is 0 Å². The summed E-state index contributed by atoms with van der Waals surface area (Å²) in [6.45, 7) is 8.89. The van der Waals surface area contributed by atoms with Gasteiger partial charge in [0.05, 0.1) is 23.0 Å². The molecule has 0 aliphatic carbocycles. The molecule has 0 fully saturated rings. The Bertz CT molecular complexity index is 2270. The minimum absolute atomic E-state index is 0. The van der Waals surface area contributed by atoms with Gasteiger partial charge in [-0.15, -0.1) is 57.9 Å². The van der Waals surface area contributed by atoms with Gasteiger partial charge in [0, 0.05) is 12.8 Å². The molecular formula is C56H62O2Zr. The summed E-state index contributed by atoms with van der Waals surface area (Å²) in [6.07, 6.45) is 17.1. The van der Waals surface area contributed by atoms with E-state index >= 15 is 0 Å². The summed E-state index contributed by atoms with van der Waals surface area (Å²) >= 11 is 0. The van der Waals surface area contributed by atoms with E-state index in [0.29, 0.717) is 0 Å². The van der Waals surface area contributed by atoms with E-state index in [-0.39, 0.29) is 26.2 Å². The van der Waals surface area contributed by atoms with Gasteiger partial charge < -0.3 is 8.83 Å². The van der Waals surface area contributed by atoms with Crippen molar-refractivity contribution in [2.75, 3.05) is 0 Å². The topological polar surface area (TPSA) is 26.3 Å². The molecule has 2 heterocycles. The van der Waals surface area contributed by atoms with Gasteiger partial charge >= 0.3 is 26.2 Å². The molecule has 0 saturated carbocycles. The van der Waals surface area contributed by atoms with E-state index < -0.39 is 0 Å². The Morgan fingerprint density at radius 1 is 0.407 bits per heavy atom. The summed E-state index contributed by atoms with van der Waals surface area (Å²) in [7, 11) is 0. The van der Waals surface area contributed by atoms with Crippen molar-refractivity contribution in [3.8, 4) is 44.9 Å². The smallest absolute Gasteiger partial charge is 0.496 e. The maximum atomic E-state index is 6.06. The minimum atomic E-state index is 0. The largest absolute Gasteiger partial charge is 2.00 e. The molecule has 2 nitrogen and oxygen atoms in total. The second kappa shape index (κ2) is 22.2. The Kier molecular flexibility index (Phi) is 16.6. The van der Waals surface area contributed by atoms with Crippen LogP contribution in [0.1, 0.15) is 115 Å². The van der Waals surface area contributed by atoms with Crippen LogP contribution < -0.4 is 0 Å². The monoisotopic (exact) mass is 856 g/mol. The number of rotatable bonds is 18. The summed E-state index contributed by atoms with van der Waals surface area (Å²) < 4.78 is 12.1. The number of fused-ring (bicyclic) bond motifs is 2. The SMILES string of the molecule is CCCCCCc1ccc(-c2cccc3[cH-]c(-c4ccc(CCC)o4)cc23)cc1.CCCCCCc1ccc(-c2cccc3[cH-]c(-c4ccc(CCC)o4)cc23)cc1.[Zr+2]. The van der Waals surface area contributed by atoms with Gasteiger partial charge in [-0.25, -0.2) is 0 Å². The minimum Gasteiger partial charge on any atom is -0.496 e. The summed E-state index contributed by atoms with van der Waals surface area (Å²) in [6, 6.07) is 48.9. The molecule has 2 aromatic heterocycles. The number of unbranched alkanes of at least 4 members (excludes halogenated alkanes) is 6. The molecule has 3 heteroatoms. The van der Waals surface area contributed by atoms with Crippen molar-refractivity contribution in [1.82, 2.24) is 0 Å². The maximum absolute atomic E-state index is 6.06. The van der Waals surface area contributed by atoms with Crippen LogP contribution >= 0.6 is 0 Å². The van der Waals surface area contributed by atoms with E-state index in [1.165, 1.54) is 130 Å².